The molecule has 0 unspecified atom stereocenters. The minimum atomic E-state index is -0.225. The fraction of sp³-hybridized carbons (Fsp3) is 0.250. The minimum Gasteiger partial charge on any atom is -0.493 e. The zero-order valence-electron chi connectivity index (χ0n) is 15.0. The van der Waals surface area contributed by atoms with Gasteiger partial charge in [0, 0.05) is 48.6 Å². The van der Waals surface area contributed by atoms with Gasteiger partial charge in [0.2, 0.25) is 5.56 Å². The Balaban J connectivity index is 1.65. The molecule has 1 aliphatic heterocycles. The molecule has 138 valence electrons. The average Bonchev–Trinajstić information content (AvgIpc) is 3.12. The second-order valence-corrected chi connectivity index (χ2v) is 6.38. The highest BCUT2D eigenvalue weighted by molar-refractivity contribution is 5.94. The number of nitrogens with one attached hydrogen (secondary N) is 2. The zero-order valence-corrected chi connectivity index (χ0v) is 15.0. The van der Waals surface area contributed by atoms with E-state index in [2.05, 4.69) is 15.2 Å². The highest BCUT2D eigenvalue weighted by Crippen LogP contribution is 2.34. The van der Waals surface area contributed by atoms with E-state index in [-0.39, 0.29) is 11.5 Å². The molecule has 0 fully saturated rings. The molecule has 7 nitrogen and oxygen atoms in total. The number of rotatable bonds is 4. The molecule has 0 aliphatic carbocycles. The van der Waals surface area contributed by atoms with Crippen LogP contribution in [0.2, 0.25) is 0 Å². The summed E-state index contributed by atoms with van der Waals surface area (Å²) >= 11 is 0. The first-order valence-corrected chi connectivity index (χ1v) is 8.93. The second kappa shape index (κ2) is 7.11. The molecule has 3 aromatic rings. The Kier molecular flexibility index (Phi) is 4.50. The molecule has 0 atom stereocenters. The molecule has 27 heavy (non-hydrogen) atoms. The van der Waals surface area contributed by atoms with Gasteiger partial charge in [-0.05, 0) is 25.1 Å². The number of hydrogen-bond acceptors (Lipinski definition) is 4. The molecule has 7 heteroatoms. The lowest BCUT2D eigenvalue weighted by Crippen LogP contribution is -2.36. The monoisotopic (exact) mass is 364 g/mol. The maximum absolute atomic E-state index is 12.8. The van der Waals surface area contributed by atoms with Crippen molar-refractivity contribution in [2.75, 3.05) is 13.2 Å². The number of carbonyl (C=O) groups is 1. The van der Waals surface area contributed by atoms with E-state index in [1.807, 2.05) is 31.2 Å². The summed E-state index contributed by atoms with van der Waals surface area (Å²) in [5.41, 5.74) is 4.02. The maximum atomic E-state index is 12.8. The van der Waals surface area contributed by atoms with Crippen molar-refractivity contribution in [3.05, 3.63) is 69.8 Å². The number of aromatic amines is 2. The van der Waals surface area contributed by atoms with Crippen molar-refractivity contribution in [3.8, 4) is 17.0 Å². The number of pyridine rings is 1. The largest absolute Gasteiger partial charge is 0.493 e. The van der Waals surface area contributed by atoms with E-state index in [9.17, 15) is 9.59 Å². The number of para-hydroxylation sites is 1. The van der Waals surface area contributed by atoms with Crippen LogP contribution in [0.15, 0.2) is 47.4 Å². The van der Waals surface area contributed by atoms with Gasteiger partial charge in [-0.1, -0.05) is 12.1 Å². The van der Waals surface area contributed by atoms with Crippen molar-refractivity contribution in [1.29, 1.82) is 0 Å². The minimum absolute atomic E-state index is 0.109. The van der Waals surface area contributed by atoms with Gasteiger partial charge in [0.05, 0.1) is 12.2 Å². The Morgan fingerprint density at radius 3 is 2.89 bits per heavy atom. The number of aromatic nitrogens is 3. The van der Waals surface area contributed by atoms with Crippen molar-refractivity contribution in [3.63, 3.8) is 0 Å². The number of carbonyl (C=O) groups excluding carboxylic acids is 1. The van der Waals surface area contributed by atoms with Crippen molar-refractivity contribution in [1.82, 2.24) is 20.1 Å². The standard InChI is InChI=1S/C20H20N4O3/c1-2-27-17-6-4-3-5-14(17)19-15-12-24(10-9-16(15)22-23-19)20(26)13-7-8-18(25)21-11-13/h3-8,11H,2,9-10,12H2,1H3,(H,21,25)(H,22,23). The van der Waals surface area contributed by atoms with E-state index in [0.717, 1.165) is 28.3 Å². The van der Waals surface area contributed by atoms with Gasteiger partial charge in [-0.3, -0.25) is 14.7 Å². The van der Waals surface area contributed by atoms with Crippen molar-refractivity contribution < 1.29 is 9.53 Å². The Morgan fingerprint density at radius 1 is 1.26 bits per heavy atom. The molecule has 4 rings (SSSR count). The predicted octanol–water partition coefficient (Wildman–Crippen LogP) is 2.36. The lowest BCUT2D eigenvalue weighted by atomic mass is 10.00. The summed E-state index contributed by atoms with van der Waals surface area (Å²) in [6, 6.07) is 10.7. The quantitative estimate of drug-likeness (QED) is 0.743. The molecule has 3 heterocycles. The molecular weight excluding hydrogens is 344 g/mol. The smallest absolute Gasteiger partial charge is 0.255 e. The third-order valence-electron chi connectivity index (χ3n) is 4.69. The number of nitrogens with zero attached hydrogens (tertiary/aromatic N) is 2. The average molecular weight is 364 g/mol. The van der Waals surface area contributed by atoms with Crippen LogP contribution in [0.3, 0.4) is 0 Å². The molecule has 0 saturated carbocycles. The van der Waals surface area contributed by atoms with E-state index in [4.69, 9.17) is 4.74 Å². The summed E-state index contributed by atoms with van der Waals surface area (Å²) < 4.78 is 5.74. The van der Waals surface area contributed by atoms with Gasteiger partial charge in [0.15, 0.2) is 0 Å². The lowest BCUT2D eigenvalue weighted by Gasteiger charge is -2.27. The van der Waals surface area contributed by atoms with E-state index in [1.165, 1.54) is 12.3 Å². The number of amides is 1. The molecule has 0 radical (unpaired) electrons. The van der Waals surface area contributed by atoms with Gasteiger partial charge in [-0.15, -0.1) is 0 Å². The fourth-order valence-electron chi connectivity index (χ4n) is 3.36. The van der Waals surface area contributed by atoms with E-state index < -0.39 is 0 Å². The second-order valence-electron chi connectivity index (χ2n) is 6.38. The molecule has 1 aliphatic rings. The van der Waals surface area contributed by atoms with Gasteiger partial charge in [0.25, 0.3) is 5.91 Å². The number of H-pyrrole nitrogens is 2. The first-order valence-electron chi connectivity index (χ1n) is 8.93. The summed E-state index contributed by atoms with van der Waals surface area (Å²) in [5, 5.41) is 7.61. The molecule has 1 aromatic carbocycles. The molecule has 2 aromatic heterocycles. The van der Waals surface area contributed by atoms with Crippen molar-refractivity contribution in [2.45, 2.75) is 19.9 Å². The molecule has 1 amide bonds. The van der Waals surface area contributed by atoms with Gasteiger partial charge < -0.3 is 14.6 Å². The first-order chi connectivity index (χ1) is 13.2. The topological polar surface area (TPSA) is 91.1 Å². The van der Waals surface area contributed by atoms with Gasteiger partial charge in [-0.2, -0.15) is 5.10 Å². The fourth-order valence-corrected chi connectivity index (χ4v) is 3.36. The van der Waals surface area contributed by atoms with Crippen LogP contribution in [-0.2, 0) is 13.0 Å². The van der Waals surface area contributed by atoms with Crippen LogP contribution in [0, 0.1) is 0 Å². The molecule has 0 saturated heterocycles. The number of hydrogen-bond donors (Lipinski definition) is 2. The SMILES string of the molecule is CCOc1ccccc1-c1n[nH]c2c1CN(C(=O)c1ccc(=O)[nH]c1)CC2. The van der Waals surface area contributed by atoms with Crippen molar-refractivity contribution >= 4 is 5.91 Å². The van der Waals surface area contributed by atoms with Crippen LogP contribution < -0.4 is 10.3 Å². The Hall–Kier alpha value is -3.35. The number of fused-ring (bicyclic) bond motifs is 1. The first kappa shape index (κ1) is 17.1. The van der Waals surface area contributed by atoms with Crippen LogP contribution in [-0.4, -0.2) is 39.1 Å². The highest BCUT2D eigenvalue weighted by Gasteiger charge is 2.27. The molecule has 0 spiro atoms. The summed E-state index contributed by atoms with van der Waals surface area (Å²) in [6.07, 6.45) is 2.16. The lowest BCUT2D eigenvalue weighted by molar-refractivity contribution is 0.0734. The predicted molar refractivity (Wildman–Crippen MR) is 101 cm³/mol. The summed E-state index contributed by atoms with van der Waals surface area (Å²) in [7, 11) is 0. The van der Waals surface area contributed by atoms with Crippen LogP contribution in [0.4, 0.5) is 0 Å². The number of ether oxygens (including phenoxy) is 1. The molecule has 0 bridgehead atoms. The molecule has 2 N–H and O–H groups in total. The van der Waals surface area contributed by atoms with Gasteiger partial charge in [-0.25, -0.2) is 0 Å². The van der Waals surface area contributed by atoms with Crippen LogP contribution in [0.25, 0.3) is 11.3 Å². The van der Waals surface area contributed by atoms with Crippen LogP contribution >= 0.6 is 0 Å². The zero-order chi connectivity index (χ0) is 18.8. The Bertz CT molecular complexity index is 1020. The van der Waals surface area contributed by atoms with Crippen molar-refractivity contribution in [2.24, 2.45) is 0 Å². The van der Waals surface area contributed by atoms with Crippen LogP contribution in [0.5, 0.6) is 5.75 Å². The normalized spacial score (nSPS) is 13.3. The summed E-state index contributed by atoms with van der Waals surface area (Å²) in [6.45, 7) is 3.57. The highest BCUT2D eigenvalue weighted by atomic mass is 16.5. The molecular formula is C20H20N4O3. The number of benzene rings is 1. The van der Waals surface area contributed by atoms with E-state index >= 15 is 0 Å². The summed E-state index contributed by atoms with van der Waals surface area (Å²) in [5.74, 6) is 0.667. The van der Waals surface area contributed by atoms with Crippen LogP contribution in [0.1, 0.15) is 28.5 Å². The third kappa shape index (κ3) is 3.23. The van der Waals surface area contributed by atoms with Gasteiger partial charge >= 0.3 is 0 Å². The Morgan fingerprint density at radius 2 is 2.11 bits per heavy atom. The Labute approximate surface area is 156 Å². The van der Waals surface area contributed by atoms with E-state index in [1.54, 1.807) is 11.0 Å². The maximum Gasteiger partial charge on any atom is 0.255 e. The summed E-state index contributed by atoms with van der Waals surface area (Å²) in [4.78, 5) is 28.4. The van der Waals surface area contributed by atoms with E-state index in [0.29, 0.717) is 31.7 Å². The third-order valence-corrected chi connectivity index (χ3v) is 4.69. The van der Waals surface area contributed by atoms with Gasteiger partial charge in [0.1, 0.15) is 11.4 Å².